The van der Waals surface area contributed by atoms with Crippen molar-refractivity contribution in [1.29, 1.82) is 0 Å². The zero-order valence-electron chi connectivity index (χ0n) is 11.4. The lowest BCUT2D eigenvalue weighted by molar-refractivity contribution is -0.141. The van der Waals surface area contributed by atoms with Crippen molar-refractivity contribution in [2.75, 3.05) is 13.3 Å². The molecule has 0 saturated carbocycles. The summed E-state index contributed by atoms with van der Waals surface area (Å²) in [5.41, 5.74) is 0.874. The van der Waals surface area contributed by atoms with E-state index >= 15 is 0 Å². The molecule has 3 rings (SSSR count). The summed E-state index contributed by atoms with van der Waals surface area (Å²) in [4.78, 5) is 24.5. The lowest BCUT2D eigenvalue weighted by Crippen LogP contribution is -2.45. The molecule has 1 aromatic carbocycles. The van der Waals surface area contributed by atoms with Crippen molar-refractivity contribution in [3.05, 3.63) is 23.8 Å². The van der Waals surface area contributed by atoms with E-state index in [1.807, 2.05) is 6.07 Å². The van der Waals surface area contributed by atoms with Gasteiger partial charge in [0.15, 0.2) is 11.5 Å². The number of hydrogen-bond acceptors (Lipinski definition) is 4. The van der Waals surface area contributed by atoms with E-state index in [-0.39, 0.29) is 12.8 Å². The number of carboxylic acid groups (broad SMARTS) is 1. The first-order valence-electron chi connectivity index (χ1n) is 6.81. The zero-order chi connectivity index (χ0) is 14.8. The average molecular weight is 292 g/mol. The number of benzene rings is 1. The standard InChI is InChI=1S/C14H16N2O5/c17-13(18)10-2-1-5-16(10)14(19)15-7-9-3-4-11-12(6-9)21-8-20-11/h3-4,6,10H,1-2,5,7-8H2,(H,15,19)(H,17,18). The van der Waals surface area contributed by atoms with Crippen molar-refractivity contribution in [2.45, 2.75) is 25.4 Å². The number of nitrogens with one attached hydrogen (secondary N) is 1. The Hall–Kier alpha value is -2.44. The van der Waals surface area contributed by atoms with Gasteiger partial charge in [0.2, 0.25) is 6.79 Å². The molecule has 0 aliphatic carbocycles. The van der Waals surface area contributed by atoms with Crippen LogP contribution in [0.15, 0.2) is 18.2 Å². The van der Waals surface area contributed by atoms with Crippen molar-refractivity contribution in [2.24, 2.45) is 0 Å². The summed E-state index contributed by atoms with van der Waals surface area (Å²) < 4.78 is 10.5. The normalized spacial score (nSPS) is 19.6. The molecule has 1 fully saturated rings. The zero-order valence-corrected chi connectivity index (χ0v) is 11.4. The molecule has 0 spiro atoms. The van der Waals surface area contributed by atoms with Gasteiger partial charge < -0.3 is 24.8 Å². The van der Waals surface area contributed by atoms with Gasteiger partial charge in [-0.3, -0.25) is 0 Å². The van der Waals surface area contributed by atoms with Crippen LogP contribution >= 0.6 is 0 Å². The highest BCUT2D eigenvalue weighted by atomic mass is 16.7. The predicted molar refractivity (Wildman–Crippen MR) is 72.2 cm³/mol. The van der Waals surface area contributed by atoms with Gasteiger partial charge in [-0.15, -0.1) is 0 Å². The van der Waals surface area contributed by atoms with Gasteiger partial charge in [0.1, 0.15) is 6.04 Å². The third-order valence-electron chi connectivity index (χ3n) is 3.68. The molecule has 7 nitrogen and oxygen atoms in total. The Morgan fingerprint density at radius 1 is 1.33 bits per heavy atom. The number of fused-ring (bicyclic) bond motifs is 1. The Bertz CT molecular complexity index is 574. The highest BCUT2D eigenvalue weighted by Gasteiger charge is 2.33. The maximum Gasteiger partial charge on any atom is 0.326 e. The molecular formula is C14H16N2O5. The number of ether oxygens (including phenoxy) is 2. The molecule has 0 aromatic heterocycles. The SMILES string of the molecule is O=C(O)C1CCCN1C(=O)NCc1ccc2c(c1)OCO2. The molecule has 0 bridgehead atoms. The van der Waals surface area contributed by atoms with Gasteiger partial charge in [0, 0.05) is 13.1 Å². The van der Waals surface area contributed by atoms with E-state index in [0.29, 0.717) is 37.4 Å². The van der Waals surface area contributed by atoms with Crippen LogP contribution in [0, 0.1) is 0 Å². The quantitative estimate of drug-likeness (QED) is 0.873. The summed E-state index contributed by atoms with van der Waals surface area (Å²) in [6, 6.07) is 4.37. The molecule has 2 amide bonds. The Balaban J connectivity index is 1.60. The number of carbonyl (C=O) groups excluding carboxylic acids is 1. The van der Waals surface area contributed by atoms with Gasteiger partial charge in [-0.25, -0.2) is 9.59 Å². The van der Waals surface area contributed by atoms with Gasteiger partial charge in [-0.05, 0) is 30.5 Å². The Morgan fingerprint density at radius 2 is 2.14 bits per heavy atom. The summed E-state index contributed by atoms with van der Waals surface area (Å²) in [5, 5.41) is 11.8. The van der Waals surface area contributed by atoms with Gasteiger partial charge in [-0.1, -0.05) is 6.07 Å². The first kappa shape index (κ1) is 13.5. The average Bonchev–Trinajstić information content (AvgIpc) is 3.12. The summed E-state index contributed by atoms with van der Waals surface area (Å²) in [7, 11) is 0. The smallest absolute Gasteiger partial charge is 0.326 e. The lowest BCUT2D eigenvalue weighted by atomic mass is 10.2. The first-order valence-corrected chi connectivity index (χ1v) is 6.81. The second-order valence-corrected chi connectivity index (χ2v) is 5.04. The Kier molecular flexibility index (Phi) is 3.55. The molecule has 1 saturated heterocycles. The lowest BCUT2D eigenvalue weighted by Gasteiger charge is -2.21. The van der Waals surface area contributed by atoms with Crippen LogP contribution in [0.25, 0.3) is 0 Å². The second-order valence-electron chi connectivity index (χ2n) is 5.04. The van der Waals surface area contributed by atoms with E-state index in [2.05, 4.69) is 5.32 Å². The highest BCUT2D eigenvalue weighted by molar-refractivity contribution is 5.83. The molecule has 2 N–H and O–H groups in total. The van der Waals surface area contributed by atoms with Crippen molar-refractivity contribution in [3.63, 3.8) is 0 Å². The number of urea groups is 1. The Morgan fingerprint density at radius 3 is 2.95 bits per heavy atom. The van der Waals surface area contributed by atoms with Crippen molar-refractivity contribution in [1.82, 2.24) is 10.2 Å². The molecule has 0 radical (unpaired) electrons. The van der Waals surface area contributed by atoms with E-state index in [1.54, 1.807) is 12.1 Å². The number of rotatable bonds is 3. The molecule has 1 atom stereocenters. The van der Waals surface area contributed by atoms with E-state index in [4.69, 9.17) is 14.6 Å². The van der Waals surface area contributed by atoms with E-state index in [9.17, 15) is 9.59 Å². The van der Waals surface area contributed by atoms with Gasteiger partial charge in [-0.2, -0.15) is 0 Å². The van der Waals surface area contributed by atoms with E-state index in [1.165, 1.54) is 4.90 Å². The first-order chi connectivity index (χ1) is 10.1. The van der Waals surface area contributed by atoms with Crippen molar-refractivity contribution < 1.29 is 24.2 Å². The van der Waals surface area contributed by atoms with Gasteiger partial charge in [0.05, 0.1) is 0 Å². The fourth-order valence-corrected chi connectivity index (χ4v) is 2.60. The molecule has 112 valence electrons. The predicted octanol–water partition coefficient (Wildman–Crippen LogP) is 1.17. The molecule has 2 heterocycles. The van der Waals surface area contributed by atoms with Gasteiger partial charge in [0.25, 0.3) is 0 Å². The largest absolute Gasteiger partial charge is 0.480 e. The number of aliphatic carboxylic acids is 1. The summed E-state index contributed by atoms with van der Waals surface area (Å²) in [5.74, 6) is 0.396. The summed E-state index contributed by atoms with van der Waals surface area (Å²) in [6.07, 6.45) is 1.22. The number of nitrogens with zero attached hydrogens (tertiary/aromatic N) is 1. The molecule has 1 aromatic rings. The molecule has 2 aliphatic heterocycles. The summed E-state index contributed by atoms with van der Waals surface area (Å²) in [6.45, 7) is 1.00. The van der Waals surface area contributed by atoms with E-state index in [0.717, 1.165) is 5.56 Å². The second kappa shape index (κ2) is 5.51. The van der Waals surface area contributed by atoms with Gasteiger partial charge >= 0.3 is 12.0 Å². The minimum absolute atomic E-state index is 0.208. The van der Waals surface area contributed by atoms with Crippen LogP contribution in [-0.4, -0.2) is 41.4 Å². The maximum absolute atomic E-state index is 12.1. The van der Waals surface area contributed by atoms with Crippen LogP contribution in [0.2, 0.25) is 0 Å². The number of hydrogen-bond donors (Lipinski definition) is 2. The third-order valence-corrected chi connectivity index (χ3v) is 3.68. The Labute approximate surface area is 121 Å². The fourth-order valence-electron chi connectivity index (χ4n) is 2.60. The molecule has 2 aliphatic rings. The molecule has 1 unspecified atom stereocenters. The van der Waals surface area contributed by atoms with Crippen LogP contribution in [0.4, 0.5) is 4.79 Å². The number of likely N-dealkylation sites (tertiary alicyclic amines) is 1. The minimum atomic E-state index is -0.953. The van der Waals surface area contributed by atoms with Crippen LogP contribution < -0.4 is 14.8 Å². The monoisotopic (exact) mass is 292 g/mol. The number of amides is 2. The van der Waals surface area contributed by atoms with Crippen molar-refractivity contribution >= 4 is 12.0 Å². The number of carbonyl (C=O) groups is 2. The molecule has 7 heteroatoms. The van der Waals surface area contributed by atoms with Crippen LogP contribution in [-0.2, 0) is 11.3 Å². The number of carboxylic acids is 1. The van der Waals surface area contributed by atoms with Crippen LogP contribution in [0.5, 0.6) is 11.5 Å². The minimum Gasteiger partial charge on any atom is -0.480 e. The third kappa shape index (κ3) is 2.72. The topological polar surface area (TPSA) is 88.1 Å². The van der Waals surface area contributed by atoms with Crippen LogP contribution in [0.1, 0.15) is 18.4 Å². The van der Waals surface area contributed by atoms with E-state index < -0.39 is 12.0 Å². The van der Waals surface area contributed by atoms with Crippen molar-refractivity contribution in [3.8, 4) is 11.5 Å². The fraction of sp³-hybridized carbons (Fsp3) is 0.429. The molecular weight excluding hydrogens is 276 g/mol. The highest BCUT2D eigenvalue weighted by Crippen LogP contribution is 2.32. The molecule has 21 heavy (non-hydrogen) atoms. The van der Waals surface area contributed by atoms with Crippen LogP contribution in [0.3, 0.4) is 0 Å². The maximum atomic E-state index is 12.1. The summed E-state index contributed by atoms with van der Waals surface area (Å²) >= 11 is 0.